The molecule has 0 radical (unpaired) electrons. The molecule has 1 atom stereocenters. The molecule has 76 valence electrons. The second-order valence-electron chi connectivity index (χ2n) is 4.53. The molecule has 2 heterocycles. The lowest BCUT2D eigenvalue weighted by Gasteiger charge is -2.30. The number of rotatable bonds is 2. The van der Waals surface area contributed by atoms with Crippen molar-refractivity contribution in [2.45, 2.75) is 50.5 Å². The molecule has 2 rings (SSSR count). The highest BCUT2D eigenvalue weighted by Crippen LogP contribution is 2.48. The van der Waals surface area contributed by atoms with Crippen molar-refractivity contribution < 1.29 is 8.78 Å². The molecular formula is C10H17F2N. The van der Waals surface area contributed by atoms with Crippen LogP contribution >= 0.6 is 0 Å². The summed E-state index contributed by atoms with van der Waals surface area (Å²) >= 11 is 0. The SMILES string of the molecule is CCCC12CCCN1CC(F)(F)C2. The summed E-state index contributed by atoms with van der Waals surface area (Å²) in [7, 11) is 0. The molecule has 0 N–H and O–H groups in total. The van der Waals surface area contributed by atoms with E-state index in [1.54, 1.807) is 0 Å². The summed E-state index contributed by atoms with van der Waals surface area (Å²) in [6.07, 6.45) is 4.16. The largest absolute Gasteiger partial charge is 0.292 e. The van der Waals surface area contributed by atoms with Gasteiger partial charge in [0.1, 0.15) is 0 Å². The average molecular weight is 189 g/mol. The van der Waals surface area contributed by atoms with E-state index < -0.39 is 5.92 Å². The van der Waals surface area contributed by atoms with E-state index in [0.717, 1.165) is 32.2 Å². The molecule has 0 aromatic heterocycles. The lowest BCUT2D eigenvalue weighted by molar-refractivity contribution is 0.00934. The van der Waals surface area contributed by atoms with Gasteiger partial charge in [0.05, 0.1) is 6.54 Å². The van der Waals surface area contributed by atoms with Gasteiger partial charge in [-0.3, -0.25) is 4.90 Å². The number of alkyl halides is 2. The maximum atomic E-state index is 13.2. The fraction of sp³-hybridized carbons (Fsp3) is 1.00. The standard InChI is InChI=1S/C10H17F2N/c1-2-4-9-5-3-6-13(9)8-10(11,12)7-9/h2-8H2,1H3. The van der Waals surface area contributed by atoms with E-state index in [4.69, 9.17) is 0 Å². The Hall–Kier alpha value is -0.180. The molecule has 2 aliphatic rings. The highest BCUT2D eigenvalue weighted by atomic mass is 19.3. The van der Waals surface area contributed by atoms with E-state index in [0.29, 0.717) is 0 Å². The summed E-state index contributed by atoms with van der Waals surface area (Å²) < 4.78 is 26.4. The molecule has 2 aliphatic heterocycles. The van der Waals surface area contributed by atoms with Gasteiger partial charge in [-0.1, -0.05) is 13.3 Å². The summed E-state index contributed by atoms with van der Waals surface area (Å²) in [5, 5.41) is 0. The highest BCUT2D eigenvalue weighted by Gasteiger charge is 2.55. The van der Waals surface area contributed by atoms with E-state index >= 15 is 0 Å². The van der Waals surface area contributed by atoms with Crippen LogP contribution in [0, 0.1) is 0 Å². The summed E-state index contributed by atoms with van der Waals surface area (Å²) in [4.78, 5) is 2.02. The molecule has 0 aromatic carbocycles. The van der Waals surface area contributed by atoms with Crippen LogP contribution in [0.5, 0.6) is 0 Å². The maximum Gasteiger partial charge on any atom is 0.262 e. The number of nitrogens with zero attached hydrogens (tertiary/aromatic N) is 1. The molecule has 3 heteroatoms. The average Bonchev–Trinajstić information content (AvgIpc) is 2.40. The van der Waals surface area contributed by atoms with Gasteiger partial charge in [0.2, 0.25) is 0 Å². The smallest absolute Gasteiger partial charge is 0.262 e. The Balaban J connectivity index is 2.15. The Kier molecular flexibility index (Phi) is 2.10. The van der Waals surface area contributed by atoms with E-state index in [-0.39, 0.29) is 18.5 Å². The Morgan fingerprint density at radius 3 is 2.85 bits per heavy atom. The topological polar surface area (TPSA) is 3.24 Å². The van der Waals surface area contributed by atoms with Crippen LogP contribution in [-0.4, -0.2) is 29.5 Å². The number of halogens is 2. The molecule has 1 nitrogen and oxygen atoms in total. The predicted molar refractivity (Wildman–Crippen MR) is 48.0 cm³/mol. The minimum atomic E-state index is -2.42. The van der Waals surface area contributed by atoms with E-state index in [1.807, 2.05) is 4.90 Å². The molecule has 0 bridgehead atoms. The van der Waals surface area contributed by atoms with Crippen molar-refractivity contribution in [1.29, 1.82) is 0 Å². The molecule has 2 saturated heterocycles. The quantitative estimate of drug-likeness (QED) is 0.645. The summed E-state index contributed by atoms with van der Waals surface area (Å²) in [6.45, 7) is 2.98. The van der Waals surface area contributed by atoms with Gasteiger partial charge in [-0.05, 0) is 25.8 Å². The van der Waals surface area contributed by atoms with Crippen molar-refractivity contribution in [3.8, 4) is 0 Å². The molecule has 0 spiro atoms. The molecule has 0 saturated carbocycles. The third-order valence-electron chi connectivity index (χ3n) is 3.47. The van der Waals surface area contributed by atoms with Crippen molar-refractivity contribution >= 4 is 0 Å². The van der Waals surface area contributed by atoms with Crippen LogP contribution in [0.3, 0.4) is 0 Å². The highest BCUT2D eigenvalue weighted by molar-refractivity contribution is 5.05. The van der Waals surface area contributed by atoms with Crippen LogP contribution in [-0.2, 0) is 0 Å². The van der Waals surface area contributed by atoms with Crippen LogP contribution in [0.4, 0.5) is 8.78 Å². The normalized spacial score (nSPS) is 38.1. The van der Waals surface area contributed by atoms with Gasteiger partial charge in [-0.25, -0.2) is 8.78 Å². The van der Waals surface area contributed by atoms with Gasteiger partial charge in [0.15, 0.2) is 0 Å². The summed E-state index contributed by atoms with van der Waals surface area (Å²) in [6, 6.07) is 0. The van der Waals surface area contributed by atoms with Crippen molar-refractivity contribution in [1.82, 2.24) is 4.90 Å². The van der Waals surface area contributed by atoms with Gasteiger partial charge in [-0.15, -0.1) is 0 Å². The molecule has 13 heavy (non-hydrogen) atoms. The lowest BCUT2D eigenvalue weighted by Crippen LogP contribution is -2.37. The zero-order valence-electron chi connectivity index (χ0n) is 8.15. The van der Waals surface area contributed by atoms with Gasteiger partial charge < -0.3 is 0 Å². The van der Waals surface area contributed by atoms with Gasteiger partial charge in [0.25, 0.3) is 5.92 Å². The summed E-state index contributed by atoms with van der Waals surface area (Å²) in [5.74, 6) is -2.42. The number of hydrogen-bond acceptors (Lipinski definition) is 1. The number of fused-ring (bicyclic) bond motifs is 1. The van der Waals surface area contributed by atoms with Crippen LogP contribution in [0.15, 0.2) is 0 Å². The zero-order chi connectivity index (χ0) is 9.53. The van der Waals surface area contributed by atoms with Crippen molar-refractivity contribution in [3.05, 3.63) is 0 Å². The minimum Gasteiger partial charge on any atom is -0.292 e. The Morgan fingerprint density at radius 2 is 2.15 bits per heavy atom. The van der Waals surface area contributed by atoms with E-state index in [2.05, 4.69) is 6.92 Å². The van der Waals surface area contributed by atoms with E-state index in [9.17, 15) is 8.78 Å². The van der Waals surface area contributed by atoms with Crippen LogP contribution in [0.2, 0.25) is 0 Å². The van der Waals surface area contributed by atoms with Gasteiger partial charge >= 0.3 is 0 Å². The fourth-order valence-corrected chi connectivity index (χ4v) is 3.09. The summed E-state index contributed by atoms with van der Waals surface area (Å²) in [5.41, 5.74) is -0.127. The van der Waals surface area contributed by atoms with E-state index in [1.165, 1.54) is 0 Å². The van der Waals surface area contributed by atoms with Crippen molar-refractivity contribution in [3.63, 3.8) is 0 Å². The molecule has 0 aliphatic carbocycles. The molecule has 0 amide bonds. The number of hydrogen-bond donors (Lipinski definition) is 0. The first-order chi connectivity index (χ1) is 6.08. The van der Waals surface area contributed by atoms with Crippen LogP contribution in [0.25, 0.3) is 0 Å². The Morgan fingerprint density at radius 1 is 1.38 bits per heavy atom. The molecular weight excluding hydrogens is 172 g/mol. The van der Waals surface area contributed by atoms with Crippen molar-refractivity contribution in [2.75, 3.05) is 13.1 Å². The third-order valence-corrected chi connectivity index (χ3v) is 3.47. The third kappa shape index (κ3) is 1.47. The predicted octanol–water partition coefficient (Wildman–Crippen LogP) is 2.66. The first kappa shape index (κ1) is 9.38. The Labute approximate surface area is 78.1 Å². The second-order valence-corrected chi connectivity index (χ2v) is 4.53. The van der Waals surface area contributed by atoms with Gasteiger partial charge in [-0.2, -0.15) is 0 Å². The first-order valence-electron chi connectivity index (χ1n) is 5.21. The second kappa shape index (κ2) is 2.91. The molecule has 0 aromatic rings. The zero-order valence-corrected chi connectivity index (χ0v) is 8.15. The van der Waals surface area contributed by atoms with Gasteiger partial charge in [0, 0.05) is 12.0 Å². The fourth-order valence-electron chi connectivity index (χ4n) is 3.09. The lowest BCUT2D eigenvalue weighted by atomic mass is 9.88. The van der Waals surface area contributed by atoms with Crippen LogP contribution < -0.4 is 0 Å². The molecule has 2 fully saturated rings. The van der Waals surface area contributed by atoms with Crippen molar-refractivity contribution in [2.24, 2.45) is 0 Å². The monoisotopic (exact) mass is 189 g/mol. The molecule has 1 unspecified atom stereocenters. The Bertz CT molecular complexity index is 205. The first-order valence-corrected chi connectivity index (χ1v) is 5.21. The maximum absolute atomic E-state index is 13.2. The minimum absolute atomic E-state index is 0.00694. The van der Waals surface area contributed by atoms with Crippen LogP contribution in [0.1, 0.15) is 39.0 Å².